The Kier molecular flexibility index (Phi) is 7.84. The first kappa shape index (κ1) is 27.7. The number of benzene rings is 2. The van der Waals surface area contributed by atoms with E-state index in [1.165, 1.54) is 11.8 Å². The lowest BCUT2D eigenvalue weighted by atomic mass is 10.0. The third-order valence-corrected chi connectivity index (χ3v) is 7.69. The van der Waals surface area contributed by atoms with Crippen LogP contribution in [0.2, 0.25) is 0 Å². The number of nitrogens with zero attached hydrogens (tertiary/aromatic N) is 5. The second-order valence-electron chi connectivity index (χ2n) is 10.1. The average Bonchev–Trinajstić information content (AvgIpc) is 3.52. The number of ether oxygens (including phenoxy) is 1. The first-order chi connectivity index (χ1) is 19.2. The van der Waals surface area contributed by atoms with E-state index in [2.05, 4.69) is 22.4 Å². The molecular weight excluding hydrogens is 524 g/mol. The number of aryl methyl sites for hydroxylation is 2. The van der Waals surface area contributed by atoms with Crippen LogP contribution in [0.15, 0.2) is 65.8 Å². The van der Waals surface area contributed by atoms with E-state index in [9.17, 15) is 10.2 Å². The Morgan fingerprint density at radius 2 is 1.93 bits per heavy atom. The van der Waals surface area contributed by atoms with Crippen molar-refractivity contribution in [2.45, 2.75) is 37.8 Å². The van der Waals surface area contributed by atoms with E-state index in [1.54, 1.807) is 31.7 Å². The van der Waals surface area contributed by atoms with E-state index >= 15 is 0 Å². The minimum absolute atomic E-state index is 0.0733. The Bertz CT molecular complexity index is 1650. The summed E-state index contributed by atoms with van der Waals surface area (Å²) in [7, 11) is 3.62. The van der Waals surface area contributed by atoms with Crippen LogP contribution in [0, 0.1) is 6.92 Å². The summed E-state index contributed by atoms with van der Waals surface area (Å²) < 4.78 is 9.34. The first-order valence-corrected chi connectivity index (χ1v) is 14.0. The Labute approximate surface area is 237 Å². The van der Waals surface area contributed by atoms with Crippen LogP contribution in [0.25, 0.3) is 28.2 Å². The highest BCUT2D eigenvalue weighted by molar-refractivity contribution is 7.99. The van der Waals surface area contributed by atoms with Gasteiger partial charge in [0.15, 0.2) is 5.65 Å². The second kappa shape index (κ2) is 11.3. The van der Waals surface area contributed by atoms with E-state index in [4.69, 9.17) is 14.8 Å². The average molecular weight is 559 g/mol. The molecule has 208 valence electrons. The molecule has 5 aromatic rings. The van der Waals surface area contributed by atoms with Crippen LogP contribution in [0.5, 0.6) is 5.75 Å². The maximum absolute atomic E-state index is 10.9. The third-order valence-electron chi connectivity index (χ3n) is 6.67. The number of aliphatic hydroxyl groups excluding tert-OH is 1. The van der Waals surface area contributed by atoms with Crippen LogP contribution in [0.4, 0.5) is 5.82 Å². The smallest absolute Gasteiger partial charge is 0.165 e. The predicted molar refractivity (Wildman–Crippen MR) is 159 cm³/mol. The molecule has 2 aromatic carbocycles. The summed E-state index contributed by atoms with van der Waals surface area (Å²) >= 11 is 1.53. The van der Waals surface area contributed by atoms with Gasteiger partial charge in [0, 0.05) is 48.9 Å². The highest BCUT2D eigenvalue weighted by Gasteiger charge is 2.24. The summed E-state index contributed by atoms with van der Waals surface area (Å²) in [4.78, 5) is 10.3. The standard InChI is InChI=1S/C30H34N6O3S/c1-19-27(21-9-10-23(39-5)24(16-21)40-14-13-37)29-33-25(30(2,3)38)17-26(36(29)34-19)32-18-20-7-6-8-22(15-20)28-31-11-12-35(28)4/h6-12,15-17,32,37-38H,13-14,18H2,1-5H3. The molecule has 3 heterocycles. The van der Waals surface area contributed by atoms with Gasteiger partial charge in [-0.15, -0.1) is 11.8 Å². The molecule has 0 aliphatic carbocycles. The van der Waals surface area contributed by atoms with Gasteiger partial charge in [0.05, 0.1) is 30.0 Å². The Hall–Kier alpha value is -3.86. The lowest BCUT2D eigenvalue weighted by Gasteiger charge is -2.19. The largest absolute Gasteiger partial charge is 0.496 e. The Morgan fingerprint density at radius 1 is 1.10 bits per heavy atom. The number of hydrogen-bond donors (Lipinski definition) is 3. The summed E-state index contributed by atoms with van der Waals surface area (Å²) in [5.41, 5.74) is 4.76. The number of imidazole rings is 1. The fourth-order valence-electron chi connectivity index (χ4n) is 4.66. The van der Waals surface area contributed by atoms with Gasteiger partial charge >= 0.3 is 0 Å². The minimum atomic E-state index is -1.16. The van der Waals surface area contributed by atoms with Crippen molar-refractivity contribution >= 4 is 23.2 Å². The molecule has 0 radical (unpaired) electrons. The predicted octanol–water partition coefficient (Wildman–Crippen LogP) is 5.04. The van der Waals surface area contributed by atoms with Gasteiger partial charge < -0.3 is 24.8 Å². The SMILES string of the molecule is COc1ccc(-c2c(C)nn3c(NCc4cccc(-c5nccn5C)c4)cc(C(C)(C)O)nc23)cc1SCCO. The van der Waals surface area contributed by atoms with Crippen molar-refractivity contribution in [1.29, 1.82) is 0 Å². The lowest BCUT2D eigenvalue weighted by Crippen LogP contribution is -2.19. The van der Waals surface area contributed by atoms with Gasteiger partial charge in [-0.1, -0.05) is 24.3 Å². The van der Waals surface area contributed by atoms with Gasteiger partial charge in [-0.25, -0.2) is 9.97 Å². The topological polar surface area (TPSA) is 110 Å². The summed E-state index contributed by atoms with van der Waals surface area (Å²) in [6.45, 7) is 6.03. The Morgan fingerprint density at radius 3 is 2.62 bits per heavy atom. The van der Waals surface area contributed by atoms with E-state index in [-0.39, 0.29) is 6.61 Å². The number of methoxy groups -OCH3 is 1. The molecule has 9 nitrogen and oxygen atoms in total. The van der Waals surface area contributed by atoms with Gasteiger partial charge in [0.2, 0.25) is 0 Å². The van der Waals surface area contributed by atoms with Crippen molar-refractivity contribution in [3.63, 3.8) is 0 Å². The fraction of sp³-hybridized carbons (Fsp3) is 0.300. The highest BCUT2D eigenvalue weighted by Crippen LogP contribution is 2.37. The van der Waals surface area contributed by atoms with Crippen LogP contribution in [0.3, 0.4) is 0 Å². The van der Waals surface area contributed by atoms with E-state index in [0.717, 1.165) is 50.2 Å². The summed E-state index contributed by atoms with van der Waals surface area (Å²) in [6.07, 6.45) is 3.72. The normalized spacial score (nSPS) is 11.8. The van der Waals surface area contributed by atoms with Crippen LogP contribution in [-0.2, 0) is 19.2 Å². The zero-order valence-electron chi connectivity index (χ0n) is 23.3. The molecule has 0 spiro atoms. The zero-order valence-corrected chi connectivity index (χ0v) is 24.2. The van der Waals surface area contributed by atoms with Gasteiger partial charge in [-0.2, -0.15) is 9.61 Å². The van der Waals surface area contributed by atoms with Crippen molar-refractivity contribution in [2.24, 2.45) is 7.05 Å². The number of thioether (sulfide) groups is 1. The number of anilines is 1. The molecule has 0 saturated heterocycles. The van der Waals surface area contributed by atoms with E-state index in [0.29, 0.717) is 23.6 Å². The second-order valence-corrected chi connectivity index (χ2v) is 11.3. The number of nitrogens with one attached hydrogen (secondary N) is 1. The monoisotopic (exact) mass is 558 g/mol. The number of hydrogen-bond acceptors (Lipinski definition) is 8. The molecule has 0 bridgehead atoms. The van der Waals surface area contributed by atoms with Crippen molar-refractivity contribution in [3.8, 4) is 28.3 Å². The molecule has 3 N–H and O–H groups in total. The molecule has 0 aliphatic heterocycles. The molecule has 0 atom stereocenters. The summed E-state index contributed by atoms with van der Waals surface area (Å²) in [6, 6.07) is 16.1. The Balaban J connectivity index is 1.56. The van der Waals surface area contributed by atoms with Gasteiger partial charge in [0.25, 0.3) is 0 Å². The maximum Gasteiger partial charge on any atom is 0.165 e. The molecule has 5 rings (SSSR count). The molecule has 0 unspecified atom stereocenters. The van der Waals surface area contributed by atoms with Crippen LogP contribution < -0.4 is 10.1 Å². The number of aliphatic hydroxyl groups is 2. The van der Waals surface area contributed by atoms with Gasteiger partial charge in [-0.3, -0.25) is 0 Å². The van der Waals surface area contributed by atoms with Gasteiger partial charge in [0.1, 0.15) is 23.0 Å². The summed E-state index contributed by atoms with van der Waals surface area (Å²) in [5, 5.41) is 28.7. The van der Waals surface area contributed by atoms with Crippen molar-refractivity contribution in [3.05, 3.63) is 77.9 Å². The van der Waals surface area contributed by atoms with Crippen LogP contribution in [0.1, 0.15) is 30.8 Å². The molecule has 40 heavy (non-hydrogen) atoms. The minimum Gasteiger partial charge on any atom is -0.496 e. The summed E-state index contributed by atoms with van der Waals surface area (Å²) in [5.74, 6) is 2.93. The number of aromatic nitrogens is 5. The van der Waals surface area contributed by atoms with Crippen molar-refractivity contribution in [1.82, 2.24) is 24.1 Å². The molecular formula is C30H34N6O3S. The molecule has 0 amide bonds. The molecule has 3 aromatic heterocycles. The van der Waals surface area contributed by atoms with Crippen molar-refractivity contribution in [2.75, 3.05) is 24.8 Å². The zero-order chi connectivity index (χ0) is 28.4. The fourth-order valence-corrected chi connectivity index (χ4v) is 5.47. The number of rotatable bonds is 10. The highest BCUT2D eigenvalue weighted by atomic mass is 32.2. The molecule has 0 aliphatic rings. The molecule has 10 heteroatoms. The quantitative estimate of drug-likeness (QED) is 0.205. The number of fused-ring (bicyclic) bond motifs is 1. The lowest BCUT2D eigenvalue weighted by molar-refractivity contribution is 0.0740. The van der Waals surface area contributed by atoms with E-state index < -0.39 is 5.60 Å². The first-order valence-electron chi connectivity index (χ1n) is 13.1. The van der Waals surface area contributed by atoms with E-state index in [1.807, 2.05) is 61.1 Å². The van der Waals surface area contributed by atoms with Crippen LogP contribution >= 0.6 is 11.8 Å². The third kappa shape index (κ3) is 5.56. The molecule has 0 fully saturated rings. The van der Waals surface area contributed by atoms with Crippen LogP contribution in [-0.4, -0.2) is 53.8 Å². The maximum atomic E-state index is 10.9. The molecule has 0 saturated carbocycles. The van der Waals surface area contributed by atoms with Gasteiger partial charge in [-0.05, 0) is 50.1 Å². The van der Waals surface area contributed by atoms with Crippen molar-refractivity contribution < 1.29 is 14.9 Å².